The van der Waals surface area contributed by atoms with Crippen LogP contribution in [0.15, 0.2) is 48.5 Å². The lowest BCUT2D eigenvalue weighted by molar-refractivity contribution is 0.397. The van der Waals surface area contributed by atoms with Gasteiger partial charge in [-0.1, -0.05) is 63.6 Å². The Morgan fingerprint density at radius 2 is 1.62 bits per heavy atom. The number of hydrogen-bond donors (Lipinski definition) is 1. The number of aromatic nitrogens is 1. The summed E-state index contributed by atoms with van der Waals surface area (Å²) in [6.07, 6.45) is 0. The van der Waals surface area contributed by atoms with Gasteiger partial charge in [0.2, 0.25) is 0 Å². The van der Waals surface area contributed by atoms with E-state index in [-0.39, 0.29) is 11.2 Å². The molecule has 128 valence electrons. The van der Waals surface area contributed by atoms with E-state index in [1.807, 2.05) is 26.0 Å². The van der Waals surface area contributed by atoms with Gasteiger partial charge >= 0.3 is 0 Å². The lowest BCUT2D eigenvalue weighted by atomic mass is 9.71. The van der Waals surface area contributed by atoms with Crippen molar-refractivity contribution in [2.75, 3.05) is 0 Å². The minimum Gasteiger partial charge on any atom is -0.358 e. The summed E-state index contributed by atoms with van der Waals surface area (Å²) in [6, 6.07) is 15.8. The molecule has 1 aromatic heterocycles. The zero-order valence-electron chi connectivity index (χ0n) is 15.6. The van der Waals surface area contributed by atoms with Gasteiger partial charge in [0, 0.05) is 22.0 Å². The molecule has 0 spiro atoms. The maximum absolute atomic E-state index is 14.0. The summed E-state index contributed by atoms with van der Waals surface area (Å²) in [7, 11) is 0. The number of benzene rings is 2. The van der Waals surface area contributed by atoms with E-state index in [2.05, 4.69) is 56.9 Å². The van der Waals surface area contributed by atoms with E-state index in [4.69, 9.17) is 0 Å². The molecule has 3 aromatic rings. The Balaban J connectivity index is 0.00000100. The standard InChI is InChI=1S/C20H22FN.C2H6/c1-13(2)20(4,15-10-8-14(3)9-11-15)19-12-16-17(21)6-5-7-18(16)22-19;1-2/h5-13,22H,1-4H3;1-2H3. The molecule has 0 aliphatic carbocycles. The number of aryl methyl sites for hydroxylation is 1. The van der Waals surface area contributed by atoms with Crippen molar-refractivity contribution in [3.8, 4) is 0 Å². The molecule has 1 heterocycles. The summed E-state index contributed by atoms with van der Waals surface area (Å²) in [5.41, 5.74) is 4.23. The van der Waals surface area contributed by atoms with Crippen LogP contribution in [-0.2, 0) is 5.41 Å². The van der Waals surface area contributed by atoms with Crippen molar-refractivity contribution in [3.05, 3.63) is 71.2 Å². The lowest BCUT2D eigenvalue weighted by Gasteiger charge is -2.34. The Hall–Kier alpha value is -2.09. The van der Waals surface area contributed by atoms with Crippen LogP contribution in [-0.4, -0.2) is 4.98 Å². The van der Waals surface area contributed by atoms with Gasteiger partial charge in [-0.05, 0) is 43.5 Å². The Kier molecular flexibility index (Phi) is 5.48. The third-order valence-electron chi connectivity index (χ3n) is 4.98. The minimum absolute atomic E-state index is 0.171. The first-order valence-electron chi connectivity index (χ1n) is 8.78. The molecular weight excluding hydrogens is 297 g/mol. The van der Waals surface area contributed by atoms with Gasteiger partial charge in [-0.25, -0.2) is 4.39 Å². The zero-order valence-corrected chi connectivity index (χ0v) is 15.6. The highest BCUT2D eigenvalue weighted by atomic mass is 19.1. The number of halogens is 1. The first-order valence-corrected chi connectivity index (χ1v) is 8.78. The highest BCUT2D eigenvalue weighted by Gasteiger charge is 2.34. The predicted octanol–water partition coefficient (Wildman–Crippen LogP) is 6.60. The van der Waals surface area contributed by atoms with Crippen molar-refractivity contribution in [1.29, 1.82) is 0 Å². The van der Waals surface area contributed by atoms with Gasteiger partial charge in [0.1, 0.15) is 5.82 Å². The SMILES string of the molecule is CC.Cc1ccc(C(C)(c2cc3c(F)cccc3[nH]2)C(C)C)cc1. The first-order chi connectivity index (χ1) is 11.4. The van der Waals surface area contributed by atoms with E-state index in [9.17, 15) is 4.39 Å². The van der Waals surface area contributed by atoms with Gasteiger partial charge in [-0.15, -0.1) is 0 Å². The van der Waals surface area contributed by atoms with Crippen molar-refractivity contribution in [1.82, 2.24) is 4.98 Å². The summed E-state index contributed by atoms with van der Waals surface area (Å²) in [5.74, 6) is 0.210. The van der Waals surface area contributed by atoms with E-state index in [0.29, 0.717) is 11.3 Å². The summed E-state index contributed by atoms with van der Waals surface area (Å²) in [6.45, 7) is 12.7. The third kappa shape index (κ3) is 3.10. The molecule has 0 radical (unpaired) electrons. The average Bonchev–Trinajstić information content (AvgIpc) is 3.02. The Morgan fingerprint density at radius 3 is 2.17 bits per heavy atom. The van der Waals surface area contributed by atoms with Crippen LogP contribution in [0.4, 0.5) is 4.39 Å². The van der Waals surface area contributed by atoms with Gasteiger partial charge in [0.25, 0.3) is 0 Å². The maximum atomic E-state index is 14.0. The van der Waals surface area contributed by atoms with Crippen LogP contribution in [0.5, 0.6) is 0 Å². The average molecular weight is 325 g/mol. The highest BCUT2D eigenvalue weighted by molar-refractivity contribution is 5.81. The van der Waals surface area contributed by atoms with Crippen molar-refractivity contribution in [2.45, 2.75) is 47.0 Å². The van der Waals surface area contributed by atoms with Crippen LogP contribution in [0.1, 0.15) is 51.4 Å². The van der Waals surface area contributed by atoms with E-state index >= 15 is 0 Å². The van der Waals surface area contributed by atoms with E-state index < -0.39 is 0 Å². The Morgan fingerprint density at radius 1 is 1.00 bits per heavy atom. The number of aromatic amines is 1. The van der Waals surface area contributed by atoms with Gasteiger partial charge in [0.15, 0.2) is 0 Å². The zero-order chi connectivity index (χ0) is 17.9. The van der Waals surface area contributed by atoms with Gasteiger partial charge in [-0.3, -0.25) is 0 Å². The molecule has 24 heavy (non-hydrogen) atoms. The fourth-order valence-electron chi connectivity index (χ4n) is 3.10. The van der Waals surface area contributed by atoms with Crippen molar-refractivity contribution in [3.63, 3.8) is 0 Å². The normalized spacial score (nSPS) is 13.5. The van der Waals surface area contributed by atoms with Gasteiger partial charge < -0.3 is 4.98 Å². The van der Waals surface area contributed by atoms with Crippen molar-refractivity contribution >= 4 is 10.9 Å². The third-order valence-corrected chi connectivity index (χ3v) is 4.98. The summed E-state index contributed by atoms with van der Waals surface area (Å²) >= 11 is 0. The second-order valence-corrected chi connectivity index (χ2v) is 6.61. The monoisotopic (exact) mass is 325 g/mol. The van der Waals surface area contributed by atoms with Crippen molar-refractivity contribution < 1.29 is 4.39 Å². The van der Waals surface area contributed by atoms with Gasteiger partial charge in [0.05, 0.1) is 0 Å². The molecule has 0 saturated carbocycles. The molecule has 3 rings (SSSR count). The van der Waals surface area contributed by atoms with Crippen LogP contribution >= 0.6 is 0 Å². The number of nitrogens with one attached hydrogen (secondary N) is 1. The number of hydrogen-bond acceptors (Lipinski definition) is 0. The van der Waals surface area contributed by atoms with Crippen LogP contribution in [0.2, 0.25) is 0 Å². The smallest absolute Gasteiger partial charge is 0.132 e. The molecule has 0 amide bonds. The molecule has 1 atom stereocenters. The topological polar surface area (TPSA) is 15.8 Å². The summed E-state index contributed by atoms with van der Waals surface area (Å²) in [5, 5.41) is 0.663. The molecule has 2 heteroatoms. The Labute approximate surface area is 144 Å². The predicted molar refractivity (Wildman–Crippen MR) is 102 cm³/mol. The van der Waals surface area contributed by atoms with E-state index in [1.165, 1.54) is 17.2 Å². The molecule has 1 unspecified atom stereocenters. The fourth-order valence-corrected chi connectivity index (χ4v) is 3.10. The largest absolute Gasteiger partial charge is 0.358 e. The van der Waals surface area contributed by atoms with E-state index in [1.54, 1.807) is 6.07 Å². The van der Waals surface area contributed by atoms with Crippen LogP contribution in [0, 0.1) is 18.7 Å². The lowest BCUT2D eigenvalue weighted by Crippen LogP contribution is -2.30. The van der Waals surface area contributed by atoms with Crippen LogP contribution < -0.4 is 0 Å². The summed E-state index contributed by atoms with van der Waals surface area (Å²) < 4.78 is 14.0. The first kappa shape index (κ1) is 18.3. The molecular formula is C22H28FN. The minimum atomic E-state index is -0.181. The molecule has 1 nitrogen and oxygen atoms in total. The van der Waals surface area contributed by atoms with E-state index in [0.717, 1.165) is 11.2 Å². The van der Waals surface area contributed by atoms with Gasteiger partial charge in [-0.2, -0.15) is 0 Å². The van der Waals surface area contributed by atoms with Crippen molar-refractivity contribution in [2.24, 2.45) is 5.92 Å². The quantitative estimate of drug-likeness (QED) is 0.558. The number of rotatable bonds is 3. The highest BCUT2D eigenvalue weighted by Crippen LogP contribution is 2.40. The molecule has 2 aromatic carbocycles. The number of H-pyrrole nitrogens is 1. The molecule has 0 fully saturated rings. The number of fused-ring (bicyclic) bond motifs is 1. The molecule has 0 bridgehead atoms. The second kappa shape index (κ2) is 7.21. The molecule has 1 N–H and O–H groups in total. The molecule has 0 aliphatic rings. The maximum Gasteiger partial charge on any atom is 0.132 e. The molecule has 0 aliphatic heterocycles. The van der Waals surface area contributed by atoms with Crippen LogP contribution in [0.3, 0.4) is 0 Å². The second-order valence-electron chi connectivity index (χ2n) is 6.61. The van der Waals surface area contributed by atoms with Crippen LogP contribution in [0.25, 0.3) is 10.9 Å². The Bertz CT molecular complexity index is 798. The fraction of sp³-hybridized carbons (Fsp3) is 0.364. The summed E-state index contributed by atoms with van der Waals surface area (Å²) in [4.78, 5) is 3.43. The molecule has 0 saturated heterocycles.